The average molecular weight is 513 g/mol. The molecule has 0 amide bonds. The van der Waals surface area contributed by atoms with E-state index in [9.17, 15) is 19.5 Å². The van der Waals surface area contributed by atoms with Gasteiger partial charge in [-0.2, -0.15) is 0 Å². The summed E-state index contributed by atoms with van der Waals surface area (Å²) >= 11 is 0. The van der Waals surface area contributed by atoms with Crippen molar-refractivity contribution in [1.29, 1.82) is 0 Å². The molecule has 5 aliphatic rings. The second-order valence-corrected chi connectivity index (χ2v) is 15.5. The Morgan fingerprint density at radius 3 is 2.19 bits per heavy atom. The van der Waals surface area contributed by atoms with E-state index in [4.69, 9.17) is 4.74 Å². The molecule has 0 aromatic rings. The number of hydrogen-bond donors (Lipinski definition) is 1. The number of rotatable bonds is 2. The fourth-order valence-electron chi connectivity index (χ4n) is 10.8. The fourth-order valence-corrected chi connectivity index (χ4v) is 10.8. The van der Waals surface area contributed by atoms with E-state index in [1.165, 1.54) is 12.5 Å². The van der Waals surface area contributed by atoms with Crippen LogP contribution >= 0.6 is 0 Å². The van der Waals surface area contributed by atoms with Crippen molar-refractivity contribution >= 4 is 17.7 Å². The van der Waals surface area contributed by atoms with Crippen molar-refractivity contribution in [2.75, 3.05) is 0 Å². The van der Waals surface area contributed by atoms with Gasteiger partial charge in [0.25, 0.3) is 0 Å². The third kappa shape index (κ3) is 3.43. The smallest absolute Gasteiger partial charge is 0.309 e. The van der Waals surface area contributed by atoms with Crippen LogP contribution in [0.4, 0.5) is 0 Å². The van der Waals surface area contributed by atoms with Crippen LogP contribution in [0.5, 0.6) is 0 Å². The summed E-state index contributed by atoms with van der Waals surface area (Å²) in [4.78, 5) is 38.5. The van der Waals surface area contributed by atoms with Gasteiger partial charge in [0.05, 0.1) is 5.41 Å². The summed E-state index contributed by atoms with van der Waals surface area (Å²) in [5.74, 6) is -0.280. The number of carbonyl (C=O) groups is 3. The SMILES string of the molecule is CC(=O)O[C@H]1CC[C@]2(C)[C@H](CC[C@]3(C)[C@@H]2C(=O)C=C2[C@H]4C[C@@](C)(C(=O)O)CC[C@]4(C)CC[C@@]23C)C1(C)C. The van der Waals surface area contributed by atoms with Crippen LogP contribution in [0.2, 0.25) is 0 Å². The van der Waals surface area contributed by atoms with Crippen LogP contribution in [0.3, 0.4) is 0 Å². The Balaban J connectivity index is 1.58. The minimum atomic E-state index is -0.729. The van der Waals surface area contributed by atoms with Crippen molar-refractivity contribution in [3.63, 3.8) is 0 Å². The maximum absolute atomic E-state index is 14.4. The molecular formula is C32H48O5. The molecule has 4 saturated carbocycles. The van der Waals surface area contributed by atoms with E-state index in [0.717, 1.165) is 44.9 Å². The van der Waals surface area contributed by atoms with Crippen LogP contribution < -0.4 is 0 Å². The number of carboxylic acid groups (broad SMARTS) is 1. The lowest BCUT2D eigenvalue weighted by molar-refractivity contribution is -0.210. The van der Waals surface area contributed by atoms with E-state index < -0.39 is 11.4 Å². The number of fused-ring (bicyclic) bond motifs is 7. The van der Waals surface area contributed by atoms with Gasteiger partial charge in [-0.3, -0.25) is 14.4 Å². The molecule has 0 saturated heterocycles. The first-order valence-electron chi connectivity index (χ1n) is 14.6. The largest absolute Gasteiger partial charge is 0.481 e. The summed E-state index contributed by atoms with van der Waals surface area (Å²) < 4.78 is 5.82. The zero-order chi connectivity index (χ0) is 27.4. The van der Waals surface area contributed by atoms with E-state index in [1.807, 2.05) is 13.0 Å². The molecule has 5 nitrogen and oxygen atoms in total. The molecule has 0 spiro atoms. The van der Waals surface area contributed by atoms with Gasteiger partial charge in [0.2, 0.25) is 0 Å². The van der Waals surface area contributed by atoms with Crippen molar-refractivity contribution in [3.05, 3.63) is 11.6 Å². The van der Waals surface area contributed by atoms with Crippen LogP contribution in [-0.4, -0.2) is 28.9 Å². The molecule has 206 valence electrons. The Bertz CT molecular complexity index is 1070. The second kappa shape index (κ2) is 7.94. The molecular weight excluding hydrogens is 464 g/mol. The summed E-state index contributed by atoms with van der Waals surface area (Å²) in [5, 5.41) is 10.1. The Kier molecular flexibility index (Phi) is 5.78. The molecule has 0 aliphatic heterocycles. The third-order valence-corrected chi connectivity index (χ3v) is 13.3. The Hall–Kier alpha value is -1.65. The molecule has 0 aromatic heterocycles. The molecule has 0 radical (unpaired) electrons. The second-order valence-electron chi connectivity index (χ2n) is 15.5. The predicted octanol–water partition coefficient (Wildman–Crippen LogP) is 6.98. The van der Waals surface area contributed by atoms with Gasteiger partial charge in [-0.15, -0.1) is 0 Å². The Morgan fingerprint density at radius 2 is 1.57 bits per heavy atom. The Labute approximate surface area is 223 Å². The van der Waals surface area contributed by atoms with Crippen molar-refractivity contribution in [2.45, 2.75) is 119 Å². The predicted molar refractivity (Wildman–Crippen MR) is 143 cm³/mol. The van der Waals surface area contributed by atoms with E-state index in [1.54, 1.807) is 0 Å². The number of hydrogen-bond acceptors (Lipinski definition) is 4. The highest BCUT2D eigenvalue weighted by molar-refractivity contribution is 5.95. The Morgan fingerprint density at radius 1 is 0.919 bits per heavy atom. The van der Waals surface area contributed by atoms with Crippen molar-refractivity contribution in [1.82, 2.24) is 0 Å². The first-order chi connectivity index (χ1) is 16.9. The molecule has 0 bridgehead atoms. The number of ketones is 1. The summed E-state index contributed by atoms with van der Waals surface area (Å²) in [6.07, 6.45) is 10.0. The van der Waals surface area contributed by atoms with Crippen LogP contribution in [0, 0.1) is 50.2 Å². The van der Waals surface area contributed by atoms with Gasteiger partial charge in [-0.25, -0.2) is 0 Å². The van der Waals surface area contributed by atoms with Gasteiger partial charge >= 0.3 is 11.9 Å². The van der Waals surface area contributed by atoms with Crippen LogP contribution in [0.1, 0.15) is 113 Å². The highest BCUT2D eigenvalue weighted by Gasteiger charge is 2.70. The standard InChI is InChI=1S/C32H48O5/c1-19(33)37-24-10-11-30(6)23(27(24,2)3)9-12-32(8)25(30)22(34)17-20-21-18-29(5,26(35)36)14-13-28(21,4)15-16-31(20,32)7/h17,21,23-25H,9-16,18H2,1-8H3,(H,35,36)/t21-,23-,24+,25-,28-,29+,30-,31+,32-/m1/s1. The average Bonchev–Trinajstić information content (AvgIpc) is 2.78. The topological polar surface area (TPSA) is 80.7 Å². The van der Waals surface area contributed by atoms with Gasteiger partial charge in [-0.05, 0) is 104 Å². The van der Waals surface area contributed by atoms with Crippen molar-refractivity contribution < 1.29 is 24.2 Å². The molecule has 9 atom stereocenters. The molecule has 5 heteroatoms. The molecule has 5 aliphatic carbocycles. The van der Waals surface area contributed by atoms with E-state index in [2.05, 4.69) is 41.5 Å². The van der Waals surface area contributed by atoms with Crippen LogP contribution in [-0.2, 0) is 19.1 Å². The minimum Gasteiger partial charge on any atom is -0.481 e. The maximum Gasteiger partial charge on any atom is 0.309 e. The summed E-state index contributed by atoms with van der Waals surface area (Å²) in [5.41, 5.74) is -0.0327. The number of carbonyl (C=O) groups excluding carboxylic acids is 2. The van der Waals surface area contributed by atoms with E-state index in [0.29, 0.717) is 18.8 Å². The van der Waals surface area contributed by atoms with Gasteiger partial charge in [0.15, 0.2) is 5.78 Å². The molecule has 0 aromatic carbocycles. The van der Waals surface area contributed by atoms with E-state index >= 15 is 0 Å². The van der Waals surface area contributed by atoms with Gasteiger partial charge in [-0.1, -0.05) is 47.1 Å². The van der Waals surface area contributed by atoms with Gasteiger partial charge < -0.3 is 9.84 Å². The molecule has 1 N–H and O–H groups in total. The molecule has 5 rings (SSSR count). The zero-order valence-electron chi connectivity index (χ0n) is 24.3. The molecule has 0 heterocycles. The first-order valence-corrected chi connectivity index (χ1v) is 14.6. The van der Waals surface area contributed by atoms with Crippen LogP contribution in [0.15, 0.2) is 11.6 Å². The fraction of sp³-hybridized carbons (Fsp3) is 0.844. The number of esters is 1. The van der Waals surface area contributed by atoms with E-state index in [-0.39, 0.29) is 56.8 Å². The lowest BCUT2D eigenvalue weighted by atomic mass is 9.33. The lowest BCUT2D eigenvalue weighted by Gasteiger charge is -2.70. The highest BCUT2D eigenvalue weighted by Crippen LogP contribution is 2.75. The summed E-state index contributed by atoms with van der Waals surface area (Å²) in [7, 11) is 0. The van der Waals surface area contributed by atoms with Crippen molar-refractivity contribution in [3.8, 4) is 0 Å². The monoisotopic (exact) mass is 512 g/mol. The third-order valence-electron chi connectivity index (χ3n) is 13.3. The first kappa shape index (κ1) is 26.9. The number of aliphatic carboxylic acids is 1. The summed E-state index contributed by atoms with van der Waals surface area (Å²) in [6, 6.07) is 0. The van der Waals surface area contributed by atoms with Gasteiger partial charge in [0.1, 0.15) is 6.10 Å². The number of ether oxygens (including phenoxy) is 1. The lowest BCUT2D eigenvalue weighted by Crippen LogP contribution is -2.66. The summed E-state index contributed by atoms with van der Waals surface area (Å²) in [6.45, 7) is 17.4. The quantitative estimate of drug-likeness (QED) is 0.404. The molecule has 37 heavy (non-hydrogen) atoms. The van der Waals surface area contributed by atoms with Crippen molar-refractivity contribution in [2.24, 2.45) is 50.2 Å². The highest BCUT2D eigenvalue weighted by atomic mass is 16.5. The molecule has 0 unspecified atom stereocenters. The normalized spacial score (nSPS) is 50.5. The van der Waals surface area contributed by atoms with Crippen LogP contribution in [0.25, 0.3) is 0 Å². The number of allylic oxidation sites excluding steroid dienone is 2. The number of carboxylic acids is 1. The molecule has 4 fully saturated rings. The zero-order valence-corrected chi connectivity index (χ0v) is 24.3. The minimum absolute atomic E-state index is 0.0644. The maximum atomic E-state index is 14.4. The van der Waals surface area contributed by atoms with Gasteiger partial charge in [0, 0.05) is 18.3 Å².